The number of aryl methyl sites for hydroxylation is 1. The molecule has 0 aromatic heterocycles. The molecule has 1 aromatic rings. The van der Waals surface area contributed by atoms with Crippen LogP contribution in [0.3, 0.4) is 0 Å². The lowest BCUT2D eigenvalue weighted by Crippen LogP contribution is -2.20. The topological polar surface area (TPSA) is 58.2 Å². The summed E-state index contributed by atoms with van der Waals surface area (Å²) in [5.41, 5.74) is -0.865. The van der Waals surface area contributed by atoms with Crippen LogP contribution < -0.4 is 10.0 Å². The Morgan fingerprint density at radius 1 is 1.25 bits per heavy atom. The van der Waals surface area contributed by atoms with E-state index in [0.717, 1.165) is 6.07 Å². The molecule has 0 fully saturated rings. The zero-order chi connectivity index (χ0) is 15.4. The summed E-state index contributed by atoms with van der Waals surface area (Å²) in [4.78, 5) is 0. The predicted molar refractivity (Wildman–Crippen MR) is 72.1 cm³/mol. The van der Waals surface area contributed by atoms with Gasteiger partial charge in [0.15, 0.2) is 0 Å². The van der Waals surface area contributed by atoms with E-state index in [4.69, 9.17) is 0 Å². The van der Waals surface area contributed by atoms with E-state index >= 15 is 0 Å². The highest BCUT2D eigenvalue weighted by Gasteiger charge is 2.32. The second kappa shape index (κ2) is 6.45. The molecule has 0 aliphatic heterocycles. The molecule has 8 heteroatoms. The van der Waals surface area contributed by atoms with Gasteiger partial charge in [-0.15, -0.1) is 0 Å². The summed E-state index contributed by atoms with van der Waals surface area (Å²) in [6.07, 6.45) is -4.12. The molecular formula is C12H17F3N2O2S. The van der Waals surface area contributed by atoms with Gasteiger partial charge < -0.3 is 5.32 Å². The lowest BCUT2D eigenvalue weighted by Gasteiger charge is -2.13. The number of halogens is 3. The summed E-state index contributed by atoms with van der Waals surface area (Å²) in [5, 5.41) is 2.80. The molecule has 4 nitrogen and oxygen atoms in total. The van der Waals surface area contributed by atoms with Gasteiger partial charge in [0.1, 0.15) is 0 Å². The molecule has 0 amide bonds. The van der Waals surface area contributed by atoms with E-state index < -0.39 is 21.8 Å². The first-order valence-electron chi connectivity index (χ1n) is 5.98. The minimum absolute atomic E-state index is 0.0515. The Labute approximate surface area is 116 Å². The van der Waals surface area contributed by atoms with E-state index in [2.05, 4.69) is 10.0 Å². The molecule has 2 N–H and O–H groups in total. The molecule has 0 atom stereocenters. The molecule has 20 heavy (non-hydrogen) atoms. The zero-order valence-corrected chi connectivity index (χ0v) is 12.0. The fourth-order valence-corrected chi connectivity index (χ4v) is 2.77. The lowest BCUT2D eigenvalue weighted by atomic mass is 10.1. The third-order valence-electron chi connectivity index (χ3n) is 2.66. The fraction of sp³-hybridized carbons (Fsp3) is 0.500. The molecule has 1 aromatic carbocycles. The SMILES string of the molecule is CNCCCS(=O)(=O)Nc1ccc(C)c(C(F)(F)F)c1. The monoisotopic (exact) mass is 310 g/mol. The molecule has 0 heterocycles. The summed E-state index contributed by atoms with van der Waals surface area (Å²) >= 11 is 0. The van der Waals surface area contributed by atoms with Crippen LogP contribution in [-0.2, 0) is 16.2 Å². The Morgan fingerprint density at radius 3 is 2.45 bits per heavy atom. The number of nitrogens with one attached hydrogen (secondary N) is 2. The second-order valence-electron chi connectivity index (χ2n) is 4.41. The van der Waals surface area contributed by atoms with Gasteiger partial charge in [-0.3, -0.25) is 4.72 Å². The van der Waals surface area contributed by atoms with Crippen LogP contribution in [0.1, 0.15) is 17.5 Å². The standard InChI is InChI=1S/C12H17F3N2O2S/c1-9-4-5-10(8-11(9)12(13,14)15)17-20(18,19)7-3-6-16-2/h4-5,8,16-17H,3,6-7H2,1-2H3. The number of hydrogen-bond donors (Lipinski definition) is 2. The third kappa shape index (κ3) is 5.01. The summed E-state index contributed by atoms with van der Waals surface area (Å²) in [5.74, 6) is -0.150. The molecule has 0 saturated carbocycles. The maximum atomic E-state index is 12.7. The Balaban J connectivity index is 2.88. The smallest absolute Gasteiger partial charge is 0.320 e. The molecule has 0 unspecified atom stereocenters. The van der Waals surface area contributed by atoms with Gasteiger partial charge in [0, 0.05) is 5.69 Å². The van der Waals surface area contributed by atoms with E-state index in [1.165, 1.54) is 19.1 Å². The van der Waals surface area contributed by atoms with Crippen LogP contribution in [0.2, 0.25) is 0 Å². The Kier molecular flexibility index (Phi) is 5.41. The van der Waals surface area contributed by atoms with Crippen molar-refractivity contribution in [3.63, 3.8) is 0 Å². The average Bonchev–Trinajstić information content (AvgIpc) is 2.30. The van der Waals surface area contributed by atoms with Crippen molar-refractivity contribution in [1.82, 2.24) is 5.32 Å². The van der Waals surface area contributed by atoms with E-state index in [-0.39, 0.29) is 17.0 Å². The average molecular weight is 310 g/mol. The van der Waals surface area contributed by atoms with Gasteiger partial charge in [0.05, 0.1) is 11.3 Å². The number of benzene rings is 1. The minimum Gasteiger partial charge on any atom is -0.320 e. The van der Waals surface area contributed by atoms with E-state index in [1.54, 1.807) is 7.05 Å². The van der Waals surface area contributed by atoms with Crippen LogP contribution in [0.4, 0.5) is 18.9 Å². The van der Waals surface area contributed by atoms with E-state index in [0.29, 0.717) is 13.0 Å². The molecule has 0 spiro atoms. The fourth-order valence-electron chi connectivity index (χ4n) is 1.66. The Bertz CT molecular complexity index is 556. The van der Waals surface area contributed by atoms with Gasteiger partial charge in [-0.2, -0.15) is 13.2 Å². The number of rotatable bonds is 6. The van der Waals surface area contributed by atoms with Crippen molar-refractivity contribution in [2.45, 2.75) is 19.5 Å². The Morgan fingerprint density at radius 2 is 1.90 bits per heavy atom. The van der Waals surface area contributed by atoms with Crippen molar-refractivity contribution in [3.05, 3.63) is 29.3 Å². The molecule has 1 rings (SSSR count). The highest BCUT2D eigenvalue weighted by molar-refractivity contribution is 7.92. The van der Waals surface area contributed by atoms with Gasteiger partial charge in [-0.25, -0.2) is 8.42 Å². The molecule has 0 radical (unpaired) electrons. The first-order chi connectivity index (χ1) is 9.15. The van der Waals surface area contributed by atoms with Gasteiger partial charge in [0.2, 0.25) is 10.0 Å². The van der Waals surface area contributed by atoms with Gasteiger partial charge in [0.25, 0.3) is 0 Å². The van der Waals surface area contributed by atoms with Crippen molar-refractivity contribution in [2.75, 3.05) is 24.1 Å². The molecule has 0 bridgehead atoms. The van der Waals surface area contributed by atoms with E-state index in [9.17, 15) is 21.6 Å². The minimum atomic E-state index is -4.50. The number of alkyl halides is 3. The second-order valence-corrected chi connectivity index (χ2v) is 6.25. The van der Waals surface area contributed by atoms with Crippen LogP contribution >= 0.6 is 0 Å². The van der Waals surface area contributed by atoms with Crippen LogP contribution in [-0.4, -0.2) is 27.8 Å². The molecule has 0 saturated heterocycles. The highest BCUT2D eigenvalue weighted by Crippen LogP contribution is 2.33. The predicted octanol–water partition coefficient (Wildman–Crippen LogP) is 2.37. The summed E-state index contributed by atoms with van der Waals surface area (Å²) in [6, 6.07) is 3.37. The van der Waals surface area contributed by atoms with Gasteiger partial charge >= 0.3 is 6.18 Å². The van der Waals surface area contributed by atoms with Crippen molar-refractivity contribution in [3.8, 4) is 0 Å². The summed E-state index contributed by atoms with van der Waals surface area (Å²) in [6.45, 7) is 1.84. The molecule has 0 aliphatic rings. The number of sulfonamides is 1. The Hall–Kier alpha value is -1.28. The summed E-state index contributed by atoms with van der Waals surface area (Å²) in [7, 11) is -1.95. The quantitative estimate of drug-likeness (QED) is 0.793. The van der Waals surface area contributed by atoms with Crippen LogP contribution in [0.25, 0.3) is 0 Å². The molecule has 0 aliphatic carbocycles. The van der Waals surface area contributed by atoms with Gasteiger partial charge in [-0.1, -0.05) is 6.07 Å². The van der Waals surface area contributed by atoms with Crippen molar-refractivity contribution in [1.29, 1.82) is 0 Å². The maximum absolute atomic E-state index is 12.7. The zero-order valence-electron chi connectivity index (χ0n) is 11.2. The first-order valence-corrected chi connectivity index (χ1v) is 7.64. The normalized spacial score (nSPS) is 12.4. The van der Waals surface area contributed by atoms with Gasteiger partial charge in [-0.05, 0) is 44.6 Å². The van der Waals surface area contributed by atoms with Crippen molar-refractivity contribution >= 4 is 15.7 Å². The van der Waals surface area contributed by atoms with Crippen molar-refractivity contribution in [2.24, 2.45) is 0 Å². The number of hydrogen-bond acceptors (Lipinski definition) is 3. The highest BCUT2D eigenvalue weighted by atomic mass is 32.2. The molecular weight excluding hydrogens is 293 g/mol. The van der Waals surface area contributed by atoms with Crippen molar-refractivity contribution < 1.29 is 21.6 Å². The first kappa shape index (κ1) is 16.8. The largest absolute Gasteiger partial charge is 0.416 e. The maximum Gasteiger partial charge on any atom is 0.416 e. The number of anilines is 1. The van der Waals surface area contributed by atoms with Crippen LogP contribution in [0.5, 0.6) is 0 Å². The van der Waals surface area contributed by atoms with Crippen LogP contribution in [0, 0.1) is 6.92 Å². The third-order valence-corrected chi connectivity index (χ3v) is 4.03. The van der Waals surface area contributed by atoms with Crippen LogP contribution in [0.15, 0.2) is 18.2 Å². The van der Waals surface area contributed by atoms with E-state index in [1.807, 2.05) is 0 Å². The lowest BCUT2D eigenvalue weighted by molar-refractivity contribution is -0.138. The summed E-state index contributed by atoms with van der Waals surface area (Å²) < 4.78 is 63.7. The molecule has 114 valence electrons.